The van der Waals surface area contributed by atoms with Crippen molar-refractivity contribution in [2.75, 3.05) is 0 Å². The Kier molecular flexibility index (Phi) is 3.38. The van der Waals surface area contributed by atoms with Crippen LogP contribution in [0.5, 0.6) is 0 Å². The Hall–Kier alpha value is -1.61. The molecule has 3 rings (SSSR count). The topological polar surface area (TPSA) is 29.9 Å². The minimum absolute atomic E-state index is 0.497. The zero-order valence-electron chi connectivity index (χ0n) is 11.7. The zero-order chi connectivity index (χ0) is 13.2. The Morgan fingerprint density at radius 2 is 2.21 bits per heavy atom. The summed E-state index contributed by atoms with van der Waals surface area (Å²) in [5.41, 5.74) is 5.36. The first-order chi connectivity index (χ1) is 9.28. The molecule has 1 heterocycles. The summed E-state index contributed by atoms with van der Waals surface area (Å²) in [6.45, 7) is 6.03. The smallest absolute Gasteiger partial charge is 0.0597 e. The monoisotopic (exact) mass is 255 g/mol. The van der Waals surface area contributed by atoms with E-state index in [1.54, 1.807) is 0 Å². The van der Waals surface area contributed by atoms with E-state index in [9.17, 15) is 0 Å². The predicted octanol–water partition coefficient (Wildman–Crippen LogP) is 2.99. The third kappa shape index (κ3) is 2.43. The Labute approximate surface area is 114 Å². The summed E-state index contributed by atoms with van der Waals surface area (Å²) in [5.74, 6) is 0. The average Bonchev–Trinajstić information content (AvgIpc) is 2.99. The predicted molar refractivity (Wildman–Crippen MR) is 77.0 cm³/mol. The van der Waals surface area contributed by atoms with Crippen LogP contribution < -0.4 is 5.32 Å². The van der Waals surface area contributed by atoms with Crippen LogP contribution in [0.1, 0.15) is 41.9 Å². The van der Waals surface area contributed by atoms with Crippen molar-refractivity contribution >= 4 is 0 Å². The van der Waals surface area contributed by atoms with Crippen molar-refractivity contribution in [3.63, 3.8) is 0 Å². The highest BCUT2D eigenvalue weighted by Gasteiger charge is 2.21. The largest absolute Gasteiger partial charge is 0.304 e. The maximum Gasteiger partial charge on any atom is 0.0597 e. The number of nitrogens with one attached hydrogen (secondary N) is 1. The molecule has 1 aromatic heterocycles. The molecule has 0 saturated carbocycles. The van der Waals surface area contributed by atoms with Crippen LogP contribution in [-0.4, -0.2) is 9.78 Å². The lowest BCUT2D eigenvalue weighted by Gasteiger charge is -2.14. The molecule has 3 heteroatoms. The highest BCUT2D eigenvalue weighted by Crippen LogP contribution is 2.30. The Balaban J connectivity index is 1.70. The van der Waals surface area contributed by atoms with Crippen molar-refractivity contribution in [1.29, 1.82) is 0 Å². The molecule has 1 N–H and O–H groups in total. The van der Waals surface area contributed by atoms with E-state index >= 15 is 0 Å². The van der Waals surface area contributed by atoms with Crippen molar-refractivity contribution in [2.24, 2.45) is 0 Å². The minimum Gasteiger partial charge on any atom is -0.304 e. The van der Waals surface area contributed by atoms with Gasteiger partial charge >= 0.3 is 0 Å². The molecular weight excluding hydrogens is 234 g/mol. The van der Waals surface area contributed by atoms with E-state index in [4.69, 9.17) is 0 Å². The number of hydrogen-bond donors (Lipinski definition) is 1. The van der Waals surface area contributed by atoms with Gasteiger partial charge in [0.15, 0.2) is 0 Å². The Morgan fingerprint density at radius 1 is 1.37 bits per heavy atom. The van der Waals surface area contributed by atoms with Crippen molar-refractivity contribution in [3.8, 4) is 0 Å². The van der Waals surface area contributed by atoms with Crippen LogP contribution in [0.25, 0.3) is 0 Å². The second-order valence-electron chi connectivity index (χ2n) is 5.26. The maximum atomic E-state index is 4.50. The molecule has 0 radical (unpaired) electrons. The van der Waals surface area contributed by atoms with E-state index in [2.05, 4.69) is 59.3 Å². The molecule has 0 spiro atoms. The second-order valence-corrected chi connectivity index (χ2v) is 5.26. The average molecular weight is 255 g/mol. The third-order valence-corrected chi connectivity index (χ3v) is 3.95. The molecule has 0 bridgehead atoms. The fourth-order valence-electron chi connectivity index (χ4n) is 3.01. The summed E-state index contributed by atoms with van der Waals surface area (Å²) < 4.78 is 2.09. The van der Waals surface area contributed by atoms with Crippen molar-refractivity contribution < 1.29 is 0 Å². The molecule has 0 amide bonds. The van der Waals surface area contributed by atoms with E-state index in [0.717, 1.165) is 18.8 Å². The fourth-order valence-corrected chi connectivity index (χ4v) is 3.01. The first-order valence-corrected chi connectivity index (χ1v) is 7.12. The second kappa shape index (κ2) is 5.17. The number of hydrogen-bond acceptors (Lipinski definition) is 2. The van der Waals surface area contributed by atoms with E-state index in [1.165, 1.54) is 29.7 Å². The SMILES string of the molecule is CCn1nc(C)cc1CNC1CCc2ccccc21. The lowest BCUT2D eigenvalue weighted by Crippen LogP contribution is -2.20. The first-order valence-electron chi connectivity index (χ1n) is 7.12. The fraction of sp³-hybridized carbons (Fsp3) is 0.438. The summed E-state index contributed by atoms with van der Waals surface area (Å²) in [7, 11) is 0. The molecule has 1 aliphatic rings. The van der Waals surface area contributed by atoms with E-state index in [-0.39, 0.29) is 0 Å². The minimum atomic E-state index is 0.497. The van der Waals surface area contributed by atoms with E-state index < -0.39 is 0 Å². The molecule has 0 fully saturated rings. The van der Waals surface area contributed by atoms with Gasteiger partial charge in [0.1, 0.15) is 0 Å². The summed E-state index contributed by atoms with van der Waals surface area (Å²) >= 11 is 0. The third-order valence-electron chi connectivity index (χ3n) is 3.95. The van der Waals surface area contributed by atoms with Gasteiger partial charge in [0.05, 0.1) is 11.4 Å². The molecule has 1 unspecified atom stereocenters. The van der Waals surface area contributed by atoms with Crippen LogP contribution in [0, 0.1) is 6.92 Å². The van der Waals surface area contributed by atoms with Crippen LogP contribution in [0.15, 0.2) is 30.3 Å². The summed E-state index contributed by atoms with van der Waals surface area (Å²) in [4.78, 5) is 0. The molecule has 19 heavy (non-hydrogen) atoms. The normalized spacial score (nSPS) is 17.7. The van der Waals surface area contributed by atoms with Gasteiger partial charge in [-0.05, 0) is 43.9 Å². The van der Waals surface area contributed by atoms with Gasteiger partial charge in [-0.25, -0.2) is 0 Å². The molecule has 1 atom stereocenters. The molecule has 2 aromatic rings. The van der Waals surface area contributed by atoms with Gasteiger partial charge in [0.25, 0.3) is 0 Å². The lowest BCUT2D eigenvalue weighted by molar-refractivity contribution is 0.502. The van der Waals surface area contributed by atoms with Gasteiger partial charge in [0, 0.05) is 19.1 Å². The Bertz CT molecular complexity index is 571. The van der Waals surface area contributed by atoms with Gasteiger partial charge in [-0.1, -0.05) is 24.3 Å². The molecular formula is C16H21N3. The molecule has 0 saturated heterocycles. The van der Waals surface area contributed by atoms with Gasteiger partial charge < -0.3 is 5.32 Å². The summed E-state index contributed by atoms with van der Waals surface area (Å²) in [5, 5.41) is 8.18. The molecule has 0 aliphatic heterocycles. The first kappa shape index (κ1) is 12.4. The van der Waals surface area contributed by atoms with Crippen LogP contribution >= 0.6 is 0 Å². The van der Waals surface area contributed by atoms with Gasteiger partial charge in [-0.15, -0.1) is 0 Å². The van der Waals surface area contributed by atoms with Crippen molar-refractivity contribution in [1.82, 2.24) is 15.1 Å². The maximum absolute atomic E-state index is 4.50. The van der Waals surface area contributed by atoms with Gasteiger partial charge in [-0.2, -0.15) is 5.10 Å². The Morgan fingerprint density at radius 3 is 3.05 bits per heavy atom. The molecule has 1 aliphatic carbocycles. The summed E-state index contributed by atoms with van der Waals surface area (Å²) in [6, 6.07) is 11.4. The van der Waals surface area contributed by atoms with Crippen molar-refractivity contribution in [3.05, 3.63) is 52.8 Å². The summed E-state index contributed by atoms with van der Waals surface area (Å²) in [6.07, 6.45) is 2.40. The van der Waals surface area contributed by atoms with Gasteiger partial charge in [-0.3, -0.25) is 4.68 Å². The molecule has 3 nitrogen and oxygen atoms in total. The van der Waals surface area contributed by atoms with Crippen LogP contribution in [0.3, 0.4) is 0 Å². The van der Waals surface area contributed by atoms with Gasteiger partial charge in [0.2, 0.25) is 0 Å². The number of benzene rings is 1. The van der Waals surface area contributed by atoms with E-state index in [1.807, 2.05) is 0 Å². The molecule has 100 valence electrons. The number of rotatable bonds is 4. The van der Waals surface area contributed by atoms with Crippen LogP contribution in [-0.2, 0) is 19.5 Å². The van der Waals surface area contributed by atoms with E-state index in [0.29, 0.717) is 6.04 Å². The molecule has 1 aromatic carbocycles. The number of nitrogens with zero attached hydrogens (tertiary/aromatic N) is 2. The zero-order valence-corrected chi connectivity index (χ0v) is 11.7. The van der Waals surface area contributed by atoms with Crippen LogP contribution in [0.2, 0.25) is 0 Å². The highest BCUT2D eigenvalue weighted by atomic mass is 15.3. The van der Waals surface area contributed by atoms with Crippen molar-refractivity contribution in [2.45, 2.75) is 45.8 Å². The standard InChI is InChI=1S/C16H21N3/c1-3-19-14(10-12(2)18-19)11-17-16-9-8-13-6-4-5-7-15(13)16/h4-7,10,16-17H,3,8-9,11H2,1-2H3. The van der Waals surface area contributed by atoms with Crippen LogP contribution in [0.4, 0.5) is 0 Å². The quantitative estimate of drug-likeness (QED) is 0.910. The number of fused-ring (bicyclic) bond motifs is 1. The lowest BCUT2D eigenvalue weighted by atomic mass is 10.1. The number of aromatic nitrogens is 2. The highest BCUT2D eigenvalue weighted by molar-refractivity contribution is 5.34. The number of aryl methyl sites for hydroxylation is 3.